The number of nitrogens with two attached hydrogens (primary N) is 1. The summed E-state index contributed by atoms with van der Waals surface area (Å²) in [4.78, 5) is 3.83. The van der Waals surface area contributed by atoms with E-state index in [1.165, 1.54) is 17.1 Å². The number of nitrogen functional groups attached to an aromatic ring is 1. The standard InChI is InChI=1S/C9H12N6O2S/c1-15-9(11-6-12-15)14-18(16,17)8-5-3-2-4-7(8)13-10/h2-6,13H,10H2,1H3,(H,11,12,14). The van der Waals surface area contributed by atoms with Crippen LogP contribution in [0.1, 0.15) is 0 Å². The van der Waals surface area contributed by atoms with Crippen molar-refractivity contribution in [2.24, 2.45) is 12.9 Å². The molecule has 0 bridgehead atoms. The van der Waals surface area contributed by atoms with Crippen molar-refractivity contribution < 1.29 is 8.42 Å². The maximum atomic E-state index is 12.1. The highest BCUT2D eigenvalue weighted by atomic mass is 32.2. The number of aromatic nitrogens is 3. The topological polar surface area (TPSA) is 115 Å². The SMILES string of the molecule is Cn1ncnc1NS(=O)(=O)c1ccccc1NN. The summed E-state index contributed by atoms with van der Waals surface area (Å²) in [6, 6.07) is 6.28. The minimum Gasteiger partial charge on any atom is -0.323 e. The third-order valence-corrected chi connectivity index (χ3v) is 3.66. The predicted octanol–water partition coefficient (Wildman–Crippen LogP) is -0.0985. The maximum Gasteiger partial charge on any atom is 0.266 e. The Bertz CT molecular complexity index is 651. The van der Waals surface area contributed by atoms with Gasteiger partial charge in [0.25, 0.3) is 10.0 Å². The largest absolute Gasteiger partial charge is 0.323 e. The first-order valence-corrected chi connectivity index (χ1v) is 6.45. The molecule has 1 aromatic heterocycles. The normalized spacial score (nSPS) is 11.2. The van der Waals surface area contributed by atoms with Gasteiger partial charge in [-0.3, -0.25) is 5.84 Å². The van der Waals surface area contributed by atoms with E-state index in [1.54, 1.807) is 25.2 Å². The van der Waals surface area contributed by atoms with Crippen LogP contribution in [0.5, 0.6) is 0 Å². The molecule has 0 atom stereocenters. The molecule has 0 aliphatic carbocycles. The van der Waals surface area contributed by atoms with Crippen LogP contribution in [0.2, 0.25) is 0 Å². The molecule has 0 spiro atoms. The molecular formula is C9H12N6O2S. The third kappa shape index (κ3) is 2.26. The van der Waals surface area contributed by atoms with Gasteiger partial charge in [-0.25, -0.2) is 17.8 Å². The average molecular weight is 268 g/mol. The predicted molar refractivity (Wildman–Crippen MR) is 66.1 cm³/mol. The number of nitrogens with zero attached hydrogens (tertiary/aromatic N) is 3. The lowest BCUT2D eigenvalue weighted by molar-refractivity contribution is 0.600. The maximum absolute atomic E-state index is 12.1. The summed E-state index contributed by atoms with van der Waals surface area (Å²) in [6.45, 7) is 0. The zero-order chi connectivity index (χ0) is 13.2. The van der Waals surface area contributed by atoms with Crippen LogP contribution in [0.4, 0.5) is 11.6 Å². The molecule has 0 aliphatic rings. The highest BCUT2D eigenvalue weighted by molar-refractivity contribution is 7.92. The molecule has 0 saturated heterocycles. The summed E-state index contributed by atoms with van der Waals surface area (Å²) >= 11 is 0. The molecule has 4 N–H and O–H groups in total. The van der Waals surface area contributed by atoms with Crippen LogP contribution in [0, 0.1) is 0 Å². The van der Waals surface area contributed by atoms with E-state index in [2.05, 4.69) is 20.2 Å². The fraction of sp³-hybridized carbons (Fsp3) is 0.111. The molecule has 1 heterocycles. The van der Waals surface area contributed by atoms with Crippen molar-refractivity contribution in [2.75, 3.05) is 10.1 Å². The molecule has 9 heteroatoms. The second-order valence-corrected chi connectivity index (χ2v) is 5.10. The van der Waals surface area contributed by atoms with Crippen molar-refractivity contribution in [3.63, 3.8) is 0 Å². The Kier molecular flexibility index (Phi) is 3.17. The van der Waals surface area contributed by atoms with E-state index in [-0.39, 0.29) is 10.8 Å². The van der Waals surface area contributed by atoms with Gasteiger partial charge in [-0.15, -0.1) is 0 Å². The zero-order valence-corrected chi connectivity index (χ0v) is 10.3. The zero-order valence-electron chi connectivity index (χ0n) is 9.53. The Labute approximate surface area is 104 Å². The van der Waals surface area contributed by atoms with Crippen LogP contribution in [-0.2, 0) is 17.1 Å². The number of sulfonamides is 1. The van der Waals surface area contributed by atoms with Crippen LogP contribution in [0.15, 0.2) is 35.5 Å². The number of para-hydroxylation sites is 1. The van der Waals surface area contributed by atoms with Crippen LogP contribution < -0.4 is 16.0 Å². The smallest absolute Gasteiger partial charge is 0.266 e. The molecule has 0 unspecified atom stereocenters. The molecule has 0 aliphatic heterocycles. The summed E-state index contributed by atoms with van der Waals surface area (Å²) < 4.78 is 27.9. The minimum atomic E-state index is -3.76. The van der Waals surface area contributed by atoms with Crippen LogP contribution in [-0.4, -0.2) is 23.2 Å². The van der Waals surface area contributed by atoms with Crippen LogP contribution in [0.25, 0.3) is 0 Å². The quantitative estimate of drug-likeness (QED) is 0.527. The first kappa shape index (κ1) is 12.3. The Morgan fingerprint density at radius 1 is 1.33 bits per heavy atom. The molecule has 0 saturated carbocycles. The van der Waals surface area contributed by atoms with E-state index >= 15 is 0 Å². The van der Waals surface area contributed by atoms with Crippen molar-refractivity contribution in [3.8, 4) is 0 Å². The molecule has 0 amide bonds. The summed E-state index contributed by atoms with van der Waals surface area (Å²) in [5.74, 6) is 5.40. The van der Waals surface area contributed by atoms with E-state index < -0.39 is 10.0 Å². The molecule has 96 valence electrons. The van der Waals surface area contributed by atoms with Gasteiger partial charge in [-0.1, -0.05) is 12.1 Å². The van der Waals surface area contributed by atoms with Crippen molar-refractivity contribution in [2.45, 2.75) is 4.90 Å². The molecular weight excluding hydrogens is 256 g/mol. The molecule has 2 rings (SSSR count). The minimum absolute atomic E-state index is 0.0375. The van der Waals surface area contributed by atoms with Crippen LogP contribution in [0.3, 0.4) is 0 Å². The number of aryl methyl sites for hydroxylation is 1. The number of hydrogen-bond donors (Lipinski definition) is 3. The summed E-state index contributed by atoms with van der Waals surface area (Å²) in [5.41, 5.74) is 2.63. The summed E-state index contributed by atoms with van der Waals surface area (Å²) in [7, 11) is -2.18. The van der Waals surface area contributed by atoms with Gasteiger partial charge >= 0.3 is 0 Å². The number of anilines is 2. The summed E-state index contributed by atoms with van der Waals surface area (Å²) in [5, 5.41) is 3.78. The number of hydrazine groups is 1. The highest BCUT2D eigenvalue weighted by Crippen LogP contribution is 2.21. The van der Waals surface area contributed by atoms with Crippen molar-refractivity contribution >= 4 is 21.7 Å². The van der Waals surface area contributed by atoms with Crippen molar-refractivity contribution in [1.29, 1.82) is 0 Å². The van der Waals surface area contributed by atoms with Gasteiger partial charge in [0.1, 0.15) is 11.2 Å². The molecule has 8 nitrogen and oxygen atoms in total. The lowest BCUT2D eigenvalue weighted by Crippen LogP contribution is -2.19. The van der Waals surface area contributed by atoms with Crippen molar-refractivity contribution in [3.05, 3.63) is 30.6 Å². The van der Waals surface area contributed by atoms with E-state index in [9.17, 15) is 8.42 Å². The second kappa shape index (κ2) is 4.63. The molecule has 0 fully saturated rings. The number of rotatable bonds is 4. The molecule has 1 aromatic carbocycles. The monoisotopic (exact) mass is 268 g/mol. The lowest BCUT2D eigenvalue weighted by Gasteiger charge is -2.10. The fourth-order valence-corrected chi connectivity index (χ4v) is 2.59. The van der Waals surface area contributed by atoms with Crippen molar-refractivity contribution in [1.82, 2.24) is 14.8 Å². The molecule has 18 heavy (non-hydrogen) atoms. The van der Waals surface area contributed by atoms with Gasteiger partial charge in [-0.05, 0) is 12.1 Å². The number of hydrogen-bond acceptors (Lipinski definition) is 6. The average Bonchev–Trinajstić information content (AvgIpc) is 2.74. The Balaban J connectivity index is 2.40. The first-order chi connectivity index (χ1) is 8.54. The van der Waals surface area contributed by atoms with Gasteiger partial charge in [0, 0.05) is 7.05 Å². The fourth-order valence-electron chi connectivity index (χ4n) is 1.38. The van der Waals surface area contributed by atoms with E-state index in [0.29, 0.717) is 5.69 Å². The third-order valence-electron chi connectivity index (χ3n) is 2.27. The number of benzene rings is 1. The van der Waals surface area contributed by atoms with Gasteiger partial charge < -0.3 is 5.43 Å². The second-order valence-electron chi connectivity index (χ2n) is 3.45. The van der Waals surface area contributed by atoms with Gasteiger partial charge in [0.2, 0.25) is 5.95 Å². The highest BCUT2D eigenvalue weighted by Gasteiger charge is 2.19. The Morgan fingerprint density at radius 3 is 2.67 bits per heavy atom. The van der Waals surface area contributed by atoms with E-state index in [1.807, 2.05) is 0 Å². The Hall–Kier alpha value is -2.13. The van der Waals surface area contributed by atoms with Gasteiger partial charge in [0.05, 0.1) is 5.69 Å². The number of nitrogens with one attached hydrogen (secondary N) is 2. The Morgan fingerprint density at radius 2 is 2.06 bits per heavy atom. The molecule has 2 aromatic rings. The molecule has 0 radical (unpaired) electrons. The first-order valence-electron chi connectivity index (χ1n) is 4.97. The van der Waals surface area contributed by atoms with Gasteiger partial charge in [-0.2, -0.15) is 10.1 Å². The van der Waals surface area contributed by atoms with E-state index in [4.69, 9.17) is 5.84 Å². The lowest BCUT2D eigenvalue weighted by atomic mass is 10.3. The van der Waals surface area contributed by atoms with E-state index in [0.717, 1.165) is 0 Å². The van der Waals surface area contributed by atoms with Gasteiger partial charge in [0.15, 0.2) is 0 Å². The summed E-state index contributed by atoms with van der Waals surface area (Å²) in [6.07, 6.45) is 1.25. The van der Waals surface area contributed by atoms with Crippen LogP contribution >= 0.6 is 0 Å².